The molecule has 2 N–H and O–H groups in total. The summed E-state index contributed by atoms with van der Waals surface area (Å²) in [6.45, 7) is 0. The van der Waals surface area contributed by atoms with E-state index in [1.54, 1.807) is 18.3 Å². The summed E-state index contributed by atoms with van der Waals surface area (Å²) in [5.74, 6) is 0.186. The number of hydrogen-bond acceptors (Lipinski definition) is 3. The van der Waals surface area contributed by atoms with Crippen LogP contribution in [-0.2, 0) is 0 Å². The number of amides is 1. The van der Waals surface area contributed by atoms with Gasteiger partial charge >= 0.3 is 0 Å². The van der Waals surface area contributed by atoms with Crippen molar-refractivity contribution in [1.29, 1.82) is 0 Å². The highest BCUT2D eigenvalue weighted by molar-refractivity contribution is 5.91. The maximum Gasteiger partial charge on any atom is 0.267 e. The number of primary amides is 1. The van der Waals surface area contributed by atoms with Gasteiger partial charge in [-0.3, -0.25) is 9.78 Å². The summed E-state index contributed by atoms with van der Waals surface area (Å²) in [5.41, 5.74) is 7.03. The molecule has 0 saturated carbocycles. The van der Waals surface area contributed by atoms with Crippen molar-refractivity contribution in [1.82, 2.24) is 4.98 Å². The molecule has 0 fully saturated rings. The first-order chi connectivity index (χ1) is 8.74. The Morgan fingerprint density at radius 1 is 1.17 bits per heavy atom. The van der Waals surface area contributed by atoms with E-state index in [0.717, 1.165) is 22.3 Å². The van der Waals surface area contributed by atoms with Crippen LogP contribution < -0.4 is 5.73 Å². The van der Waals surface area contributed by atoms with E-state index in [0.29, 0.717) is 0 Å². The molecule has 1 aromatic carbocycles. The van der Waals surface area contributed by atoms with Gasteiger partial charge in [0.1, 0.15) is 17.0 Å². The first-order valence-corrected chi connectivity index (χ1v) is 5.49. The molecule has 0 radical (unpaired) electrons. The summed E-state index contributed by atoms with van der Waals surface area (Å²) in [5, 5.41) is 1.03. The van der Waals surface area contributed by atoms with Gasteiger partial charge in [0.05, 0.1) is 0 Å². The molecule has 0 atom stereocenters. The third-order valence-electron chi connectivity index (χ3n) is 2.73. The predicted octanol–water partition coefficient (Wildman–Crippen LogP) is 2.59. The van der Waals surface area contributed by atoms with Crippen LogP contribution in [0, 0.1) is 0 Å². The van der Waals surface area contributed by atoms with Gasteiger partial charge in [-0.05, 0) is 24.3 Å². The topological polar surface area (TPSA) is 69.1 Å². The third kappa shape index (κ3) is 1.73. The van der Waals surface area contributed by atoms with Gasteiger partial charge in [-0.1, -0.05) is 18.2 Å². The Morgan fingerprint density at radius 3 is 2.67 bits per heavy atom. The second-order valence-electron chi connectivity index (χ2n) is 3.94. The van der Waals surface area contributed by atoms with Gasteiger partial charge in [0.2, 0.25) is 0 Å². The van der Waals surface area contributed by atoms with Crippen molar-refractivity contribution < 1.29 is 9.21 Å². The molecule has 2 aromatic heterocycles. The number of para-hydroxylation sites is 1. The SMILES string of the molecule is NC(=O)c1ccc(-c2cc3ccccc3o2)cn1. The molecule has 0 spiro atoms. The lowest BCUT2D eigenvalue weighted by atomic mass is 10.2. The highest BCUT2D eigenvalue weighted by Crippen LogP contribution is 2.27. The minimum atomic E-state index is -0.536. The molecule has 1 amide bonds. The van der Waals surface area contributed by atoms with Gasteiger partial charge in [0, 0.05) is 17.1 Å². The van der Waals surface area contributed by atoms with Crippen molar-refractivity contribution >= 4 is 16.9 Å². The summed E-state index contributed by atoms with van der Waals surface area (Å²) < 4.78 is 5.70. The number of rotatable bonds is 2. The molecule has 0 bridgehead atoms. The van der Waals surface area contributed by atoms with Crippen LogP contribution in [0.1, 0.15) is 10.5 Å². The van der Waals surface area contributed by atoms with Gasteiger partial charge in [0.25, 0.3) is 5.91 Å². The maximum absolute atomic E-state index is 10.9. The smallest absolute Gasteiger partial charge is 0.267 e. The minimum absolute atomic E-state index is 0.245. The molecular formula is C14H10N2O2. The fraction of sp³-hybridized carbons (Fsp3) is 0. The lowest BCUT2D eigenvalue weighted by Gasteiger charge is -1.97. The van der Waals surface area contributed by atoms with Gasteiger partial charge in [-0.15, -0.1) is 0 Å². The largest absolute Gasteiger partial charge is 0.456 e. The maximum atomic E-state index is 10.9. The fourth-order valence-electron chi connectivity index (χ4n) is 1.81. The normalized spacial score (nSPS) is 10.7. The molecule has 0 aliphatic rings. The molecule has 0 aliphatic heterocycles. The molecule has 88 valence electrons. The first kappa shape index (κ1) is 10.5. The van der Waals surface area contributed by atoms with E-state index in [4.69, 9.17) is 10.2 Å². The fourth-order valence-corrected chi connectivity index (χ4v) is 1.81. The monoisotopic (exact) mass is 238 g/mol. The summed E-state index contributed by atoms with van der Waals surface area (Å²) in [6.07, 6.45) is 1.58. The van der Waals surface area contributed by atoms with Crippen LogP contribution in [0.5, 0.6) is 0 Å². The number of nitrogens with zero attached hydrogens (tertiary/aromatic N) is 1. The van der Waals surface area contributed by atoms with E-state index < -0.39 is 5.91 Å². The summed E-state index contributed by atoms with van der Waals surface area (Å²) >= 11 is 0. The van der Waals surface area contributed by atoms with E-state index in [1.165, 1.54) is 0 Å². The Bertz CT molecular complexity index is 681. The van der Waals surface area contributed by atoms with E-state index in [-0.39, 0.29) is 5.69 Å². The Kier molecular flexibility index (Phi) is 2.34. The zero-order valence-corrected chi connectivity index (χ0v) is 9.46. The van der Waals surface area contributed by atoms with Gasteiger partial charge in [0.15, 0.2) is 0 Å². The van der Waals surface area contributed by atoms with E-state index in [9.17, 15) is 4.79 Å². The van der Waals surface area contributed by atoms with Crippen LogP contribution >= 0.6 is 0 Å². The van der Waals surface area contributed by atoms with Crippen LogP contribution in [0.15, 0.2) is 53.1 Å². The number of fused-ring (bicyclic) bond motifs is 1. The Balaban J connectivity index is 2.06. The Morgan fingerprint density at radius 2 is 2.00 bits per heavy atom. The Labute approximate surface area is 103 Å². The zero-order chi connectivity index (χ0) is 12.5. The van der Waals surface area contributed by atoms with E-state index >= 15 is 0 Å². The van der Waals surface area contributed by atoms with Crippen molar-refractivity contribution in [3.05, 3.63) is 54.4 Å². The molecule has 4 nitrogen and oxygen atoms in total. The standard InChI is InChI=1S/C14H10N2O2/c15-14(17)11-6-5-10(8-16-11)13-7-9-3-1-2-4-12(9)18-13/h1-8H,(H2,15,17). The van der Waals surface area contributed by atoms with Crippen LogP contribution in [0.3, 0.4) is 0 Å². The van der Waals surface area contributed by atoms with Crippen LogP contribution in [-0.4, -0.2) is 10.9 Å². The second-order valence-corrected chi connectivity index (χ2v) is 3.94. The average Bonchev–Trinajstić information content (AvgIpc) is 2.82. The third-order valence-corrected chi connectivity index (χ3v) is 2.73. The van der Waals surface area contributed by atoms with Gasteiger partial charge in [-0.25, -0.2) is 0 Å². The van der Waals surface area contributed by atoms with Gasteiger partial charge in [-0.2, -0.15) is 0 Å². The predicted molar refractivity (Wildman–Crippen MR) is 68.0 cm³/mol. The first-order valence-electron chi connectivity index (χ1n) is 5.49. The average molecular weight is 238 g/mol. The molecule has 0 saturated heterocycles. The zero-order valence-electron chi connectivity index (χ0n) is 9.46. The molecule has 3 aromatic rings. The van der Waals surface area contributed by atoms with Crippen LogP contribution in [0.2, 0.25) is 0 Å². The molecule has 2 heterocycles. The summed E-state index contributed by atoms with van der Waals surface area (Å²) in [7, 11) is 0. The number of pyridine rings is 1. The van der Waals surface area contributed by atoms with E-state index in [2.05, 4.69) is 4.98 Å². The van der Waals surface area contributed by atoms with Crippen LogP contribution in [0.4, 0.5) is 0 Å². The van der Waals surface area contributed by atoms with E-state index in [1.807, 2.05) is 30.3 Å². The van der Waals surface area contributed by atoms with Crippen molar-refractivity contribution in [2.45, 2.75) is 0 Å². The molecule has 0 unspecified atom stereocenters. The molecule has 4 heteroatoms. The molecular weight excluding hydrogens is 228 g/mol. The molecule has 18 heavy (non-hydrogen) atoms. The lowest BCUT2D eigenvalue weighted by molar-refractivity contribution is 0.0995. The summed E-state index contributed by atoms with van der Waals surface area (Å²) in [4.78, 5) is 14.9. The number of furan rings is 1. The number of carbonyl (C=O) groups excluding carboxylic acids is 1. The lowest BCUT2D eigenvalue weighted by Crippen LogP contribution is -2.12. The molecule has 0 aliphatic carbocycles. The van der Waals surface area contributed by atoms with Crippen LogP contribution in [0.25, 0.3) is 22.3 Å². The minimum Gasteiger partial charge on any atom is -0.456 e. The van der Waals surface area contributed by atoms with Crippen molar-refractivity contribution in [2.75, 3.05) is 0 Å². The second kappa shape index (κ2) is 4.00. The van der Waals surface area contributed by atoms with Crippen molar-refractivity contribution in [3.8, 4) is 11.3 Å². The number of aromatic nitrogens is 1. The highest BCUT2D eigenvalue weighted by atomic mass is 16.3. The summed E-state index contributed by atoms with van der Waals surface area (Å²) in [6, 6.07) is 13.1. The number of benzene rings is 1. The van der Waals surface area contributed by atoms with Gasteiger partial charge < -0.3 is 10.2 Å². The molecule has 3 rings (SSSR count). The highest BCUT2D eigenvalue weighted by Gasteiger charge is 2.07. The quantitative estimate of drug-likeness (QED) is 0.746. The van der Waals surface area contributed by atoms with Crippen molar-refractivity contribution in [2.24, 2.45) is 5.73 Å². The number of hydrogen-bond donors (Lipinski definition) is 1. The number of carbonyl (C=O) groups is 1. The van der Waals surface area contributed by atoms with Crippen molar-refractivity contribution in [3.63, 3.8) is 0 Å². The number of nitrogens with two attached hydrogens (primary N) is 1. The Hall–Kier alpha value is -2.62.